The van der Waals surface area contributed by atoms with Gasteiger partial charge in [-0.25, -0.2) is 8.42 Å². The number of rotatable bonds is 9. The lowest BCUT2D eigenvalue weighted by atomic mass is 10.0. The Labute approximate surface area is 216 Å². The molecule has 0 fully saturated rings. The smallest absolute Gasteiger partial charge is 0.251 e. The van der Waals surface area contributed by atoms with Crippen LogP contribution in [0.25, 0.3) is 0 Å². The highest BCUT2D eigenvalue weighted by molar-refractivity contribution is 7.91. The molecule has 1 aromatic heterocycles. The number of thiophene rings is 1. The molecule has 0 saturated heterocycles. The standard InChI is InChI=1S/C22H20Cl3N3O4S2/c1-26-21(29)17(12-14-4-2-3-5-16(14)24)27-22(30)20(13-6-8-15(23)9-7-13)28-34(31,32)19-11-10-18(25)33-19/h2-11,17,20,28H,12H2,1H3,(H,26,29)(H,27,30). The Morgan fingerprint density at radius 1 is 0.941 bits per heavy atom. The highest BCUT2D eigenvalue weighted by atomic mass is 35.5. The maximum Gasteiger partial charge on any atom is 0.251 e. The maximum atomic E-state index is 13.3. The molecule has 2 atom stereocenters. The van der Waals surface area contributed by atoms with Gasteiger partial charge in [0.25, 0.3) is 10.0 Å². The minimum atomic E-state index is -4.10. The first-order chi connectivity index (χ1) is 16.1. The molecule has 7 nitrogen and oxygen atoms in total. The van der Waals surface area contributed by atoms with E-state index in [1.807, 2.05) is 0 Å². The lowest BCUT2D eigenvalue weighted by Gasteiger charge is -2.23. The summed E-state index contributed by atoms with van der Waals surface area (Å²) in [5.41, 5.74) is 0.983. The Morgan fingerprint density at radius 2 is 1.62 bits per heavy atom. The van der Waals surface area contributed by atoms with Gasteiger partial charge in [-0.05, 0) is 41.5 Å². The summed E-state index contributed by atoms with van der Waals surface area (Å²) in [6.07, 6.45) is 0.103. The number of benzene rings is 2. The number of likely N-dealkylation sites (N-methyl/N-ethyl adjacent to an activating group) is 1. The van der Waals surface area contributed by atoms with E-state index in [0.29, 0.717) is 21.2 Å². The summed E-state index contributed by atoms with van der Waals surface area (Å²) in [7, 11) is -2.66. The van der Waals surface area contributed by atoms with Gasteiger partial charge in [-0.3, -0.25) is 9.59 Å². The summed E-state index contributed by atoms with van der Waals surface area (Å²) in [4.78, 5) is 25.9. The molecule has 3 rings (SSSR count). The van der Waals surface area contributed by atoms with Crippen molar-refractivity contribution in [1.29, 1.82) is 0 Å². The molecule has 3 N–H and O–H groups in total. The van der Waals surface area contributed by atoms with E-state index >= 15 is 0 Å². The molecule has 0 radical (unpaired) electrons. The van der Waals surface area contributed by atoms with Crippen molar-refractivity contribution in [3.8, 4) is 0 Å². The molecule has 180 valence electrons. The summed E-state index contributed by atoms with van der Waals surface area (Å²) in [6, 6.07) is 13.5. The zero-order chi connectivity index (χ0) is 24.9. The second-order valence-electron chi connectivity index (χ2n) is 7.14. The van der Waals surface area contributed by atoms with Crippen LogP contribution in [0.3, 0.4) is 0 Å². The van der Waals surface area contributed by atoms with Crippen molar-refractivity contribution in [3.63, 3.8) is 0 Å². The van der Waals surface area contributed by atoms with Crippen LogP contribution in [0, 0.1) is 0 Å². The Hall–Kier alpha value is -2.14. The Balaban J connectivity index is 1.92. The topological polar surface area (TPSA) is 104 Å². The van der Waals surface area contributed by atoms with Crippen molar-refractivity contribution in [3.05, 3.63) is 86.2 Å². The molecule has 2 aromatic carbocycles. The fourth-order valence-corrected chi connectivity index (χ4v) is 6.13. The minimum absolute atomic E-state index is 0.0526. The van der Waals surface area contributed by atoms with Crippen molar-refractivity contribution in [2.75, 3.05) is 7.05 Å². The van der Waals surface area contributed by atoms with Crippen LogP contribution in [0.2, 0.25) is 14.4 Å². The predicted molar refractivity (Wildman–Crippen MR) is 135 cm³/mol. The van der Waals surface area contributed by atoms with Crippen LogP contribution in [0.1, 0.15) is 17.2 Å². The first-order valence-electron chi connectivity index (χ1n) is 9.89. The average Bonchev–Trinajstić information content (AvgIpc) is 3.26. The number of carbonyl (C=O) groups is 2. The summed E-state index contributed by atoms with van der Waals surface area (Å²) < 4.78 is 28.5. The molecule has 2 amide bonds. The molecule has 0 spiro atoms. The molecular formula is C22H20Cl3N3O4S2. The Kier molecular flexibility index (Phi) is 8.97. The van der Waals surface area contributed by atoms with Crippen molar-refractivity contribution in [2.24, 2.45) is 0 Å². The van der Waals surface area contributed by atoms with E-state index in [2.05, 4.69) is 15.4 Å². The molecule has 1 heterocycles. The lowest BCUT2D eigenvalue weighted by Crippen LogP contribution is -2.50. The zero-order valence-electron chi connectivity index (χ0n) is 17.7. The van der Waals surface area contributed by atoms with E-state index < -0.39 is 33.9 Å². The van der Waals surface area contributed by atoms with Crippen molar-refractivity contribution in [2.45, 2.75) is 22.7 Å². The second-order valence-corrected chi connectivity index (χ2v) is 11.6. The zero-order valence-corrected chi connectivity index (χ0v) is 21.6. The van der Waals surface area contributed by atoms with E-state index in [-0.39, 0.29) is 15.0 Å². The van der Waals surface area contributed by atoms with E-state index in [1.165, 1.54) is 43.4 Å². The van der Waals surface area contributed by atoms with Gasteiger partial charge in [-0.1, -0.05) is 65.1 Å². The normalized spacial score (nSPS) is 13.2. The van der Waals surface area contributed by atoms with E-state index in [9.17, 15) is 18.0 Å². The van der Waals surface area contributed by atoms with Gasteiger partial charge < -0.3 is 10.6 Å². The predicted octanol–water partition coefficient (Wildman–Crippen LogP) is 4.20. The van der Waals surface area contributed by atoms with Gasteiger partial charge in [0.2, 0.25) is 11.8 Å². The Morgan fingerprint density at radius 3 is 2.21 bits per heavy atom. The summed E-state index contributed by atoms with van der Waals surface area (Å²) in [6.45, 7) is 0. The largest absolute Gasteiger partial charge is 0.357 e. The molecule has 0 aliphatic heterocycles. The van der Waals surface area contributed by atoms with Gasteiger partial charge in [0, 0.05) is 23.5 Å². The average molecular weight is 561 g/mol. The fraction of sp³-hybridized carbons (Fsp3) is 0.182. The number of nitrogens with one attached hydrogen (secondary N) is 3. The SMILES string of the molecule is CNC(=O)C(Cc1ccccc1Cl)NC(=O)C(NS(=O)(=O)c1ccc(Cl)s1)c1ccc(Cl)cc1. The van der Waals surface area contributed by atoms with Gasteiger partial charge >= 0.3 is 0 Å². The highest BCUT2D eigenvalue weighted by Crippen LogP contribution is 2.27. The number of halogens is 3. The molecule has 0 saturated carbocycles. The third-order valence-corrected chi connectivity index (χ3v) is 8.58. The minimum Gasteiger partial charge on any atom is -0.357 e. The Bertz CT molecular complexity index is 1280. The number of hydrogen-bond acceptors (Lipinski definition) is 5. The number of carbonyl (C=O) groups excluding carboxylic acids is 2. The van der Waals surface area contributed by atoms with Crippen molar-refractivity contribution in [1.82, 2.24) is 15.4 Å². The summed E-state index contributed by atoms with van der Waals surface area (Å²) in [5, 5.41) is 6.01. The van der Waals surface area contributed by atoms with Gasteiger partial charge in [0.05, 0.1) is 4.34 Å². The fourth-order valence-electron chi connectivity index (χ4n) is 3.11. The van der Waals surface area contributed by atoms with Crippen LogP contribution >= 0.6 is 46.1 Å². The first kappa shape index (κ1) is 26.5. The maximum absolute atomic E-state index is 13.3. The van der Waals surface area contributed by atoms with Crippen LogP contribution in [0.5, 0.6) is 0 Å². The van der Waals surface area contributed by atoms with E-state index in [0.717, 1.165) is 11.3 Å². The van der Waals surface area contributed by atoms with E-state index in [1.54, 1.807) is 24.3 Å². The van der Waals surface area contributed by atoms with Crippen molar-refractivity contribution < 1.29 is 18.0 Å². The molecule has 2 unspecified atom stereocenters. The molecule has 0 bridgehead atoms. The number of amides is 2. The second kappa shape index (κ2) is 11.5. The van der Waals surface area contributed by atoms with Crippen molar-refractivity contribution >= 4 is 68.0 Å². The third-order valence-electron chi connectivity index (χ3n) is 4.81. The first-order valence-corrected chi connectivity index (χ1v) is 13.3. The van der Waals surface area contributed by atoms with Crippen LogP contribution in [0.15, 0.2) is 64.9 Å². The highest BCUT2D eigenvalue weighted by Gasteiger charge is 2.31. The van der Waals surface area contributed by atoms with Gasteiger partial charge in [0.1, 0.15) is 16.3 Å². The van der Waals surface area contributed by atoms with Crippen LogP contribution in [0.4, 0.5) is 0 Å². The lowest BCUT2D eigenvalue weighted by molar-refractivity contribution is -0.129. The van der Waals surface area contributed by atoms with E-state index in [4.69, 9.17) is 34.8 Å². The number of sulfonamides is 1. The quantitative estimate of drug-likeness (QED) is 0.365. The molecule has 3 aromatic rings. The summed E-state index contributed by atoms with van der Waals surface area (Å²) in [5.74, 6) is -1.19. The third kappa shape index (κ3) is 6.71. The summed E-state index contributed by atoms with van der Waals surface area (Å²) >= 11 is 18.9. The van der Waals surface area contributed by atoms with Crippen LogP contribution in [-0.2, 0) is 26.0 Å². The van der Waals surface area contributed by atoms with Gasteiger partial charge in [-0.15, -0.1) is 11.3 Å². The van der Waals surface area contributed by atoms with Gasteiger partial charge in [0.15, 0.2) is 0 Å². The molecule has 12 heteroatoms. The molecule has 34 heavy (non-hydrogen) atoms. The number of hydrogen-bond donors (Lipinski definition) is 3. The van der Waals surface area contributed by atoms with Crippen LogP contribution in [-0.4, -0.2) is 33.3 Å². The molecule has 0 aliphatic rings. The van der Waals surface area contributed by atoms with Gasteiger partial charge in [-0.2, -0.15) is 4.72 Å². The monoisotopic (exact) mass is 559 g/mol. The molecular weight excluding hydrogens is 541 g/mol. The van der Waals surface area contributed by atoms with Crippen LogP contribution < -0.4 is 15.4 Å². The molecule has 0 aliphatic carbocycles.